The lowest BCUT2D eigenvalue weighted by Crippen LogP contribution is -2.32. The zero-order valence-electron chi connectivity index (χ0n) is 7.53. The van der Waals surface area contributed by atoms with E-state index in [-0.39, 0.29) is 0 Å². The Hall–Kier alpha value is -1.36. The molecule has 2 heterocycles. The second-order valence-electron chi connectivity index (χ2n) is 3.33. The number of nitrogens with two attached hydrogens (primary N) is 1. The fraction of sp³-hybridized carbons (Fsp3) is 0.500. The van der Waals surface area contributed by atoms with Crippen molar-refractivity contribution in [2.45, 2.75) is 13.1 Å². The van der Waals surface area contributed by atoms with E-state index in [1.807, 2.05) is 11.6 Å². The first-order valence-electron chi connectivity index (χ1n) is 4.21. The Labute approximate surface area is 76.2 Å². The number of likely N-dealkylation sites (N-methyl/N-ethyl adjacent to an activating group) is 1. The van der Waals surface area contributed by atoms with Crippen LogP contribution in [0.3, 0.4) is 0 Å². The van der Waals surface area contributed by atoms with Gasteiger partial charge in [0.05, 0.1) is 11.9 Å². The summed E-state index contributed by atoms with van der Waals surface area (Å²) in [6.07, 6.45) is 1.72. The van der Waals surface area contributed by atoms with Crippen LogP contribution in [0.25, 0.3) is 0 Å². The summed E-state index contributed by atoms with van der Waals surface area (Å²) in [6.45, 7) is 2.56. The summed E-state index contributed by atoms with van der Waals surface area (Å²) in [6, 6.07) is 0. The zero-order valence-corrected chi connectivity index (χ0v) is 7.53. The van der Waals surface area contributed by atoms with Gasteiger partial charge in [-0.1, -0.05) is 0 Å². The van der Waals surface area contributed by atoms with E-state index in [1.54, 1.807) is 6.20 Å². The van der Waals surface area contributed by atoms with Crippen molar-refractivity contribution >= 4 is 5.91 Å². The normalized spacial score (nSPS) is 17.0. The summed E-state index contributed by atoms with van der Waals surface area (Å²) in [7, 11) is 2.04. The maximum Gasteiger partial charge on any atom is 0.284 e. The highest BCUT2D eigenvalue weighted by atomic mass is 16.1. The molecule has 2 N–H and O–H groups in total. The second kappa shape index (κ2) is 2.85. The van der Waals surface area contributed by atoms with E-state index >= 15 is 0 Å². The molecule has 0 unspecified atom stereocenters. The fourth-order valence-corrected chi connectivity index (χ4v) is 1.61. The molecule has 1 aliphatic rings. The first-order chi connectivity index (χ1) is 6.18. The predicted octanol–water partition coefficient (Wildman–Crippen LogP) is -0.573. The zero-order chi connectivity index (χ0) is 9.42. The maximum absolute atomic E-state index is 10.9. The molecule has 0 aliphatic carbocycles. The number of nitrogens with zero attached hydrogens (tertiary/aromatic N) is 3. The molecule has 1 aromatic heterocycles. The van der Waals surface area contributed by atoms with Gasteiger partial charge in [-0.15, -0.1) is 0 Å². The number of rotatable bonds is 1. The van der Waals surface area contributed by atoms with Gasteiger partial charge < -0.3 is 10.3 Å². The van der Waals surface area contributed by atoms with E-state index in [0.29, 0.717) is 5.82 Å². The highest BCUT2D eigenvalue weighted by Crippen LogP contribution is 2.12. The van der Waals surface area contributed by atoms with Crippen LogP contribution in [-0.2, 0) is 13.1 Å². The number of carbonyl (C=O) groups excluding carboxylic acids is 1. The summed E-state index contributed by atoms with van der Waals surface area (Å²) in [5.41, 5.74) is 6.24. The van der Waals surface area contributed by atoms with E-state index < -0.39 is 5.91 Å². The number of carbonyl (C=O) groups is 1. The Morgan fingerprint density at radius 2 is 2.38 bits per heavy atom. The number of aromatic nitrogens is 2. The van der Waals surface area contributed by atoms with E-state index in [1.165, 1.54) is 0 Å². The van der Waals surface area contributed by atoms with E-state index in [0.717, 1.165) is 25.3 Å². The van der Waals surface area contributed by atoms with Crippen LogP contribution in [0.2, 0.25) is 0 Å². The molecule has 0 saturated heterocycles. The molecule has 5 heteroatoms. The van der Waals surface area contributed by atoms with Crippen LogP contribution >= 0.6 is 0 Å². The molecule has 1 amide bonds. The molecule has 0 fully saturated rings. The van der Waals surface area contributed by atoms with Gasteiger partial charge in [0.2, 0.25) is 0 Å². The molecule has 0 radical (unpaired) electrons. The fourth-order valence-electron chi connectivity index (χ4n) is 1.61. The van der Waals surface area contributed by atoms with Gasteiger partial charge in [0, 0.05) is 19.6 Å². The van der Waals surface area contributed by atoms with Crippen LogP contribution in [0.5, 0.6) is 0 Å². The summed E-state index contributed by atoms with van der Waals surface area (Å²) in [5, 5.41) is 0. The molecule has 13 heavy (non-hydrogen) atoms. The SMILES string of the molecule is CN1CCn2c(cnc2C(N)=O)C1. The Morgan fingerprint density at radius 1 is 1.62 bits per heavy atom. The molecule has 1 aliphatic heterocycles. The van der Waals surface area contributed by atoms with Gasteiger partial charge in [0.25, 0.3) is 5.91 Å². The predicted molar refractivity (Wildman–Crippen MR) is 47.1 cm³/mol. The van der Waals surface area contributed by atoms with Gasteiger partial charge in [0.15, 0.2) is 5.82 Å². The molecular weight excluding hydrogens is 168 g/mol. The Balaban J connectivity index is 2.39. The van der Waals surface area contributed by atoms with Crippen molar-refractivity contribution in [3.05, 3.63) is 17.7 Å². The standard InChI is InChI=1S/C8H12N4O/c1-11-2-3-12-6(5-11)4-10-8(12)7(9)13/h4H,2-3,5H2,1H3,(H2,9,13). The molecule has 2 rings (SSSR count). The molecule has 70 valence electrons. The van der Waals surface area contributed by atoms with E-state index in [2.05, 4.69) is 9.88 Å². The molecule has 0 aromatic carbocycles. The van der Waals surface area contributed by atoms with Crippen molar-refractivity contribution in [3.63, 3.8) is 0 Å². The van der Waals surface area contributed by atoms with Crippen molar-refractivity contribution in [2.75, 3.05) is 13.6 Å². The molecule has 1 aromatic rings. The van der Waals surface area contributed by atoms with Gasteiger partial charge in [-0.05, 0) is 7.05 Å². The highest BCUT2D eigenvalue weighted by molar-refractivity contribution is 5.89. The van der Waals surface area contributed by atoms with Crippen molar-refractivity contribution < 1.29 is 4.79 Å². The monoisotopic (exact) mass is 180 g/mol. The Morgan fingerprint density at radius 3 is 3.08 bits per heavy atom. The van der Waals surface area contributed by atoms with E-state index in [4.69, 9.17) is 5.73 Å². The lowest BCUT2D eigenvalue weighted by molar-refractivity contribution is 0.0983. The largest absolute Gasteiger partial charge is 0.363 e. The number of amides is 1. The van der Waals surface area contributed by atoms with E-state index in [9.17, 15) is 4.79 Å². The Bertz CT molecular complexity index is 344. The third-order valence-corrected chi connectivity index (χ3v) is 2.30. The molecule has 5 nitrogen and oxygen atoms in total. The molecule has 0 saturated carbocycles. The lowest BCUT2D eigenvalue weighted by atomic mass is 10.3. The summed E-state index contributed by atoms with van der Waals surface area (Å²) >= 11 is 0. The van der Waals surface area contributed by atoms with Crippen molar-refractivity contribution in [2.24, 2.45) is 5.73 Å². The third-order valence-electron chi connectivity index (χ3n) is 2.30. The summed E-state index contributed by atoms with van der Waals surface area (Å²) in [4.78, 5) is 17.1. The molecular formula is C8H12N4O. The number of primary amides is 1. The van der Waals surface area contributed by atoms with Crippen LogP contribution in [0.4, 0.5) is 0 Å². The minimum Gasteiger partial charge on any atom is -0.363 e. The highest BCUT2D eigenvalue weighted by Gasteiger charge is 2.19. The van der Waals surface area contributed by atoms with Crippen LogP contribution in [0, 0.1) is 0 Å². The minimum atomic E-state index is -0.448. The van der Waals surface area contributed by atoms with Crippen molar-refractivity contribution in [1.29, 1.82) is 0 Å². The average Bonchev–Trinajstić information content (AvgIpc) is 2.46. The quantitative estimate of drug-likeness (QED) is 0.629. The third kappa shape index (κ3) is 1.31. The lowest BCUT2D eigenvalue weighted by Gasteiger charge is -2.24. The summed E-state index contributed by atoms with van der Waals surface area (Å²) in [5.74, 6) is -0.0705. The summed E-state index contributed by atoms with van der Waals surface area (Å²) < 4.78 is 1.89. The number of imidazole rings is 1. The smallest absolute Gasteiger partial charge is 0.284 e. The minimum absolute atomic E-state index is 0.378. The maximum atomic E-state index is 10.9. The second-order valence-corrected chi connectivity index (χ2v) is 3.33. The molecule has 0 atom stereocenters. The first kappa shape index (κ1) is 8.25. The molecule has 0 bridgehead atoms. The number of fused-ring (bicyclic) bond motifs is 1. The van der Waals surface area contributed by atoms with Crippen LogP contribution < -0.4 is 5.73 Å². The first-order valence-corrected chi connectivity index (χ1v) is 4.21. The topological polar surface area (TPSA) is 64.2 Å². The van der Waals surface area contributed by atoms with Crippen LogP contribution in [0.15, 0.2) is 6.20 Å². The number of hydrogen-bond acceptors (Lipinski definition) is 3. The van der Waals surface area contributed by atoms with Gasteiger partial charge in [-0.3, -0.25) is 9.69 Å². The number of hydrogen-bond donors (Lipinski definition) is 1. The Kier molecular flexibility index (Phi) is 1.81. The van der Waals surface area contributed by atoms with Gasteiger partial charge in [-0.25, -0.2) is 4.98 Å². The van der Waals surface area contributed by atoms with Gasteiger partial charge in [0.1, 0.15) is 0 Å². The van der Waals surface area contributed by atoms with Crippen LogP contribution in [-0.4, -0.2) is 34.0 Å². The molecule has 0 spiro atoms. The van der Waals surface area contributed by atoms with Gasteiger partial charge in [-0.2, -0.15) is 0 Å². The van der Waals surface area contributed by atoms with Crippen molar-refractivity contribution in [3.8, 4) is 0 Å². The van der Waals surface area contributed by atoms with Crippen molar-refractivity contribution in [1.82, 2.24) is 14.5 Å². The van der Waals surface area contributed by atoms with Crippen LogP contribution in [0.1, 0.15) is 16.3 Å². The van der Waals surface area contributed by atoms with Gasteiger partial charge >= 0.3 is 0 Å². The average molecular weight is 180 g/mol.